The Kier molecular flexibility index (Phi) is 2.45. The van der Waals surface area contributed by atoms with Crippen molar-refractivity contribution in [3.63, 3.8) is 0 Å². The summed E-state index contributed by atoms with van der Waals surface area (Å²) in [6, 6.07) is 4.79. The zero-order chi connectivity index (χ0) is 12.8. The van der Waals surface area contributed by atoms with Gasteiger partial charge in [0.25, 0.3) is 5.78 Å². The number of nitrogens with zero attached hydrogens (tertiary/aromatic N) is 2. The minimum Gasteiger partial charge on any atom is -0.300 e. The summed E-state index contributed by atoms with van der Waals surface area (Å²) in [7, 11) is 0. The normalized spacial score (nSPS) is 12.1. The average Bonchev–Trinajstić information content (AvgIpc) is 2.55. The molecule has 0 bridgehead atoms. The molecule has 0 aliphatic rings. The second kappa shape index (κ2) is 3.58. The van der Waals surface area contributed by atoms with Crippen molar-refractivity contribution >= 4 is 11.3 Å². The lowest BCUT2D eigenvalue weighted by atomic mass is 10.2. The molecule has 0 fully saturated rings. The summed E-state index contributed by atoms with van der Waals surface area (Å²) in [5.74, 6) is -1.54. The van der Waals surface area contributed by atoms with Crippen molar-refractivity contribution in [2.75, 3.05) is 0 Å². The van der Waals surface area contributed by atoms with Gasteiger partial charge < -0.3 is 4.40 Å². The highest BCUT2D eigenvalue weighted by atomic mass is 19.4. The Morgan fingerprint density at radius 1 is 1.29 bits per heavy atom. The molecule has 2 rings (SSSR count). The van der Waals surface area contributed by atoms with Gasteiger partial charge in [0.05, 0.1) is 5.52 Å². The number of halogens is 3. The lowest BCUT2D eigenvalue weighted by molar-refractivity contribution is -0.0887. The molecule has 0 radical (unpaired) electrons. The standard InChI is InChI=1S/C11H9F3N2O/c1-6-4-3-5-8-9(10(17)11(12,13)14)15-7(2)16(6)8/h3-5H,1-2H3. The second-order valence-electron chi connectivity index (χ2n) is 3.72. The van der Waals surface area contributed by atoms with Crippen LogP contribution >= 0.6 is 0 Å². The van der Waals surface area contributed by atoms with Gasteiger partial charge >= 0.3 is 6.18 Å². The summed E-state index contributed by atoms with van der Waals surface area (Å²) in [6.07, 6.45) is -4.90. The van der Waals surface area contributed by atoms with Gasteiger partial charge in [-0.3, -0.25) is 4.79 Å². The van der Waals surface area contributed by atoms with E-state index in [0.717, 1.165) is 5.69 Å². The fraction of sp³-hybridized carbons (Fsp3) is 0.273. The molecule has 17 heavy (non-hydrogen) atoms. The summed E-state index contributed by atoms with van der Waals surface area (Å²) in [5.41, 5.74) is 0.372. The van der Waals surface area contributed by atoms with Gasteiger partial charge in [0.15, 0.2) is 0 Å². The number of hydrogen-bond acceptors (Lipinski definition) is 2. The van der Waals surface area contributed by atoms with Crippen LogP contribution in [0, 0.1) is 13.8 Å². The highest BCUT2D eigenvalue weighted by molar-refractivity contribution is 6.04. The third-order valence-electron chi connectivity index (χ3n) is 2.50. The summed E-state index contributed by atoms with van der Waals surface area (Å²) in [4.78, 5) is 14.9. The smallest absolute Gasteiger partial charge is 0.300 e. The number of aromatic nitrogens is 2. The molecular formula is C11H9F3N2O. The maximum Gasteiger partial charge on any atom is 0.456 e. The SMILES string of the molecule is Cc1cccc2c(C(=O)C(F)(F)F)nc(C)n12. The van der Waals surface area contributed by atoms with E-state index in [1.807, 2.05) is 0 Å². The van der Waals surface area contributed by atoms with Crippen LogP contribution in [0.3, 0.4) is 0 Å². The number of Topliss-reactive ketones (excluding diaryl/α,β-unsaturated/α-hetero) is 1. The van der Waals surface area contributed by atoms with Gasteiger partial charge in [-0.2, -0.15) is 13.2 Å². The predicted octanol–water partition coefficient (Wildman–Crippen LogP) is 2.70. The summed E-state index contributed by atoms with van der Waals surface area (Å²) < 4.78 is 38.6. The number of pyridine rings is 1. The fourth-order valence-electron chi connectivity index (χ4n) is 1.80. The minimum atomic E-state index is -4.90. The van der Waals surface area contributed by atoms with Gasteiger partial charge in [0.2, 0.25) is 0 Å². The first-order valence-corrected chi connectivity index (χ1v) is 4.88. The van der Waals surface area contributed by atoms with E-state index in [0.29, 0.717) is 5.82 Å². The topological polar surface area (TPSA) is 34.4 Å². The zero-order valence-corrected chi connectivity index (χ0v) is 9.17. The van der Waals surface area contributed by atoms with E-state index in [1.165, 1.54) is 10.5 Å². The molecule has 0 N–H and O–H groups in total. The van der Waals surface area contributed by atoms with Crippen molar-refractivity contribution in [3.8, 4) is 0 Å². The third-order valence-corrected chi connectivity index (χ3v) is 2.50. The molecule has 3 nitrogen and oxygen atoms in total. The average molecular weight is 242 g/mol. The van der Waals surface area contributed by atoms with Crippen molar-refractivity contribution in [2.24, 2.45) is 0 Å². The van der Waals surface area contributed by atoms with E-state index in [4.69, 9.17) is 0 Å². The number of alkyl halides is 3. The van der Waals surface area contributed by atoms with Gasteiger partial charge in [0, 0.05) is 5.69 Å². The molecule has 0 aromatic carbocycles. The van der Waals surface area contributed by atoms with Gasteiger partial charge in [-0.25, -0.2) is 4.98 Å². The van der Waals surface area contributed by atoms with Crippen LogP contribution in [0.2, 0.25) is 0 Å². The van der Waals surface area contributed by atoms with Gasteiger partial charge in [-0.05, 0) is 26.0 Å². The number of aryl methyl sites for hydroxylation is 2. The van der Waals surface area contributed by atoms with Crippen LogP contribution in [0.4, 0.5) is 13.2 Å². The van der Waals surface area contributed by atoms with E-state index in [1.54, 1.807) is 26.0 Å². The number of rotatable bonds is 1. The molecule has 0 aliphatic carbocycles. The highest BCUT2D eigenvalue weighted by Crippen LogP contribution is 2.24. The number of fused-ring (bicyclic) bond motifs is 1. The molecule has 0 aliphatic heterocycles. The number of hydrogen-bond donors (Lipinski definition) is 0. The molecule has 0 saturated carbocycles. The molecule has 0 spiro atoms. The maximum atomic E-state index is 12.4. The molecule has 6 heteroatoms. The first-order chi connectivity index (χ1) is 7.82. The Hall–Kier alpha value is -1.85. The largest absolute Gasteiger partial charge is 0.456 e. The van der Waals surface area contributed by atoms with Crippen LogP contribution in [0.15, 0.2) is 18.2 Å². The number of ketones is 1. The molecule has 2 aromatic rings. The van der Waals surface area contributed by atoms with Crippen molar-refractivity contribution in [1.82, 2.24) is 9.38 Å². The van der Waals surface area contributed by atoms with Crippen molar-refractivity contribution in [3.05, 3.63) is 35.4 Å². The lowest BCUT2D eigenvalue weighted by Crippen LogP contribution is -2.23. The number of imidazole rings is 1. The second-order valence-corrected chi connectivity index (χ2v) is 3.72. The Morgan fingerprint density at radius 2 is 1.94 bits per heavy atom. The Bertz CT molecular complexity index is 599. The number of carbonyl (C=O) groups is 1. The zero-order valence-electron chi connectivity index (χ0n) is 9.17. The molecule has 0 saturated heterocycles. The molecule has 90 valence electrons. The van der Waals surface area contributed by atoms with E-state index < -0.39 is 17.7 Å². The molecule has 0 unspecified atom stereocenters. The van der Waals surface area contributed by atoms with E-state index in [-0.39, 0.29) is 5.52 Å². The highest BCUT2D eigenvalue weighted by Gasteiger charge is 2.41. The summed E-state index contributed by atoms with van der Waals surface area (Å²) >= 11 is 0. The van der Waals surface area contributed by atoms with Gasteiger partial charge in [-0.1, -0.05) is 6.07 Å². The van der Waals surface area contributed by atoms with E-state index in [9.17, 15) is 18.0 Å². The van der Waals surface area contributed by atoms with Crippen LogP contribution in [-0.4, -0.2) is 21.3 Å². The quantitative estimate of drug-likeness (QED) is 0.720. The Labute approximate surface area is 94.9 Å². The Balaban J connectivity index is 2.73. The van der Waals surface area contributed by atoms with Crippen LogP contribution in [-0.2, 0) is 0 Å². The van der Waals surface area contributed by atoms with Gasteiger partial charge in [0.1, 0.15) is 11.5 Å². The minimum absolute atomic E-state index is 0.185. The monoisotopic (exact) mass is 242 g/mol. The van der Waals surface area contributed by atoms with Crippen LogP contribution in [0.5, 0.6) is 0 Å². The first kappa shape index (κ1) is 11.6. The summed E-state index contributed by atoms with van der Waals surface area (Å²) in [5, 5.41) is 0. The van der Waals surface area contributed by atoms with Crippen LogP contribution in [0.25, 0.3) is 5.52 Å². The van der Waals surface area contributed by atoms with Crippen molar-refractivity contribution in [1.29, 1.82) is 0 Å². The van der Waals surface area contributed by atoms with E-state index >= 15 is 0 Å². The van der Waals surface area contributed by atoms with Crippen molar-refractivity contribution < 1.29 is 18.0 Å². The predicted molar refractivity (Wildman–Crippen MR) is 55.1 cm³/mol. The third kappa shape index (κ3) is 1.79. The fourth-order valence-corrected chi connectivity index (χ4v) is 1.80. The molecular weight excluding hydrogens is 233 g/mol. The van der Waals surface area contributed by atoms with Crippen LogP contribution < -0.4 is 0 Å². The molecule has 0 atom stereocenters. The van der Waals surface area contributed by atoms with Crippen molar-refractivity contribution in [2.45, 2.75) is 20.0 Å². The molecule has 2 aromatic heterocycles. The maximum absolute atomic E-state index is 12.4. The van der Waals surface area contributed by atoms with Gasteiger partial charge in [-0.15, -0.1) is 0 Å². The lowest BCUT2D eigenvalue weighted by Gasteiger charge is -2.03. The number of carbonyl (C=O) groups excluding carboxylic acids is 1. The van der Waals surface area contributed by atoms with Crippen LogP contribution in [0.1, 0.15) is 22.0 Å². The molecule has 0 amide bonds. The van der Waals surface area contributed by atoms with E-state index in [2.05, 4.69) is 4.98 Å². The summed E-state index contributed by atoms with van der Waals surface area (Å²) in [6.45, 7) is 3.30. The Morgan fingerprint density at radius 3 is 2.53 bits per heavy atom. The first-order valence-electron chi connectivity index (χ1n) is 4.88. The molecule has 2 heterocycles.